The van der Waals surface area contributed by atoms with Gasteiger partial charge in [-0.2, -0.15) is 0 Å². The van der Waals surface area contributed by atoms with Gasteiger partial charge >= 0.3 is 5.97 Å². The lowest BCUT2D eigenvalue weighted by molar-refractivity contribution is -0.123. The molecule has 60 heavy (non-hydrogen) atoms. The van der Waals surface area contributed by atoms with Crippen molar-refractivity contribution in [1.82, 2.24) is 10.2 Å². The number of carbonyl (C=O) groups excluding carboxylic acids is 6. The van der Waals surface area contributed by atoms with Crippen LogP contribution in [0.25, 0.3) is 0 Å². The predicted octanol–water partition coefficient (Wildman–Crippen LogP) is 3.88. The zero-order chi connectivity index (χ0) is 43.4. The zero-order valence-electron chi connectivity index (χ0n) is 33.1. The molecule has 0 radical (unpaired) electrons. The zero-order valence-corrected chi connectivity index (χ0v) is 33.1. The van der Waals surface area contributed by atoms with E-state index in [1.165, 1.54) is 36.9 Å². The second kappa shape index (κ2) is 20.9. The predicted molar refractivity (Wildman–Crippen MR) is 205 cm³/mol. The van der Waals surface area contributed by atoms with Crippen molar-refractivity contribution >= 4 is 35.1 Å². The molecule has 2 aliphatic heterocycles. The van der Waals surface area contributed by atoms with Crippen LogP contribution in [-0.2, 0) is 48.5 Å². The summed E-state index contributed by atoms with van der Waals surface area (Å²) in [6, 6.07) is 7.69. The lowest BCUT2D eigenvalue weighted by atomic mass is 9.77. The van der Waals surface area contributed by atoms with E-state index in [-0.39, 0.29) is 148 Å². The molecular weight excluding hydrogens is 794 g/mol. The topological polar surface area (TPSA) is 214 Å². The summed E-state index contributed by atoms with van der Waals surface area (Å²) in [4.78, 5) is 76.7. The normalized spacial score (nSPS) is 13.2. The van der Waals surface area contributed by atoms with Crippen LogP contribution in [0.5, 0.6) is 23.0 Å². The molecule has 2 amide bonds. The molecule has 3 N–H and O–H groups in total. The average molecular weight is 841 g/mol. The molecule has 2 heterocycles. The summed E-state index contributed by atoms with van der Waals surface area (Å²) < 4.78 is 62.6. The third-order valence-electron chi connectivity index (χ3n) is 9.41. The highest BCUT2D eigenvalue weighted by atomic mass is 19.1. The first-order chi connectivity index (χ1) is 28.7. The number of benzene rings is 3. The maximum absolute atomic E-state index is 14.9. The molecule has 2 aliphatic rings. The Balaban J connectivity index is 1.30. The van der Waals surface area contributed by atoms with Crippen LogP contribution < -0.4 is 10.1 Å². The molecule has 18 heteroatoms. The van der Waals surface area contributed by atoms with E-state index in [9.17, 15) is 47.8 Å². The van der Waals surface area contributed by atoms with Gasteiger partial charge in [0, 0.05) is 68.8 Å². The van der Waals surface area contributed by atoms with Crippen molar-refractivity contribution in [2.24, 2.45) is 0 Å². The van der Waals surface area contributed by atoms with E-state index in [0.717, 1.165) is 24.3 Å². The summed E-state index contributed by atoms with van der Waals surface area (Å²) in [5, 5.41) is 22.9. The molecule has 0 bridgehead atoms. The molecule has 0 saturated heterocycles. The van der Waals surface area contributed by atoms with Crippen molar-refractivity contribution in [3.05, 3.63) is 81.9 Å². The van der Waals surface area contributed by atoms with Crippen LogP contribution in [0, 0.1) is 11.6 Å². The van der Waals surface area contributed by atoms with Gasteiger partial charge in [0.15, 0.2) is 40.3 Å². The Bertz CT molecular complexity index is 2010. The van der Waals surface area contributed by atoms with Crippen LogP contribution in [0.3, 0.4) is 0 Å². The fraction of sp³-hybridized carbons (Fsp3) is 0.429. The van der Waals surface area contributed by atoms with Gasteiger partial charge in [0.2, 0.25) is 5.91 Å². The van der Waals surface area contributed by atoms with Crippen molar-refractivity contribution < 1.29 is 76.2 Å². The third-order valence-corrected chi connectivity index (χ3v) is 9.41. The van der Waals surface area contributed by atoms with Gasteiger partial charge in [-0.25, -0.2) is 13.6 Å². The first kappa shape index (κ1) is 45.3. The SMILES string of the molecule is CC(=O)COCCOCCCC(=O)CCN(CCC(=O)NCCOCCOCC(C)=O)C(=O)c1ccc2c(c1)C(=O)OC21c2cc(F)c(O)cc2Oc2cc(O)c(F)cc21. The number of carbonyl (C=O) groups is 6. The van der Waals surface area contributed by atoms with E-state index in [4.69, 9.17) is 28.4 Å². The number of nitrogens with zero attached hydrogens (tertiary/aromatic N) is 1. The minimum atomic E-state index is -2.01. The lowest BCUT2D eigenvalue weighted by Gasteiger charge is -2.36. The lowest BCUT2D eigenvalue weighted by Crippen LogP contribution is -2.37. The van der Waals surface area contributed by atoms with E-state index in [0.29, 0.717) is 6.42 Å². The minimum Gasteiger partial charge on any atom is -0.505 e. The number of amides is 2. The molecule has 1 spiro atoms. The number of rotatable bonds is 24. The molecule has 0 fully saturated rings. The van der Waals surface area contributed by atoms with Crippen LogP contribution in [0.15, 0.2) is 42.5 Å². The number of esters is 1. The molecule has 5 rings (SSSR count). The Hall–Kier alpha value is -5.82. The second-order valence-electron chi connectivity index (χ2n) is 14.1. The van der Waals surface area contributed by atoms with Gasteiger partial charge in [0.25, 0.3) is 5.91 Å². The van der Waals surface area contributed by atoms with Gasteiger partial charge < -0.3 is 48.9 Å². The van der Waals surface area contributed by atoms with Gasteiger partial charge in [-0.3, -0.25) is 24.0 Å². The molecule has 0 saturated carbocycles. The van der Waals surface area contributed by atoms with Crippen LogP contribution in [0.4, 0.5) is 8.78 Å². The number of fused-ring (bicyclic) bond motifs is 6. The Morgan fingerprint density at radius 2 is 1.28 bits per heavy atom. The quantitative estimate of drug-likeness (QED) is 0.0863. The molecule has 0 aromatic heterocycles. The minimum absolute atomic E-state index is 0.0114. The van der Waals surface area contributed by atoms with Crippen molar-refractivity contribution in [2.75, 3.05) is 72.5 Å². The summed E-state index contributed by atoms with van der Waals surface area (Å²) >= 11 is 0. The average Bonchev–Trinajstić information content (AvgIpc) is 3.49. The fourth-order valence-electron chi connectivity index (χ4n) is 6.58. The Morgan fingerprint density at radius 1 is 0.717 bits per heavy atom. The number of aromatic hydroxyl groups is 2. The Kier molecular flexibility index (Phi) is 15.8. The number of hydrogen-bond acceptors (Lipinski definition) is 14. The first-order valence-corrected chi connectivity index (χ1v) is 19.2. The molecule has 0 atom stereocenters. The molecule has 0 unspecified atom stereocenters. The number of Topliss-reactive ketones (excluding diaryl/α,β-unsaturated/α-hetero) is 3. The molecule has 322 valence electrons. The van der Waals surface area contributed by atoms with Crippen LogP contribution >= 0.6 is 0 Å². The maximum atomic E-state index is 14.9. The van der Waals surface area contributed by atoms with E-state index in [1.807, 2.05) is 0 Å². The van der Waals surface area contributed by atoms with Crippen LogP contribution in [0.1, 0.15) is 76.9 Å². The highest BCUT2D eigenvalue weighted by molar-refractivity contribution is 6.02. The van der Waals surface area contributed by atoms with Crippen molar-refractivity contribution in [2.45, 2.75) is 45.1 Å². The van der Waals surface area contributed by atoms with Gasteiger partial charge in [-0.05, 0) is 44.5 Å². The highest BCUT2D eigenvalue weighted by Gasteiger charge is 2.54. The molecular formula is C42H46F2N2O14. The summed E-state index contributed by atoms with van der Waals surface area (Å²) in [5.74, 6) is -6.41. The van der Waals surface area contributed by atoms with E-state index < -0.39 is 46.5 Å². The van der Waals surface area contributed by atoms with Crippen LogP contribution in [0.2, 0.25) is 0 Å². The summed E-state index contributed by atoms with van der Waals surface area (Å²) in [5.41, 5.74) is -2.25. The third kappa shape index (κ3) is 11.3. The van der Waals surface area contributed by atoms with Gasteiger partial charge in [-0.1, -0.05) is 6.07 Å². The smallest absolute Gasteiger partial charge is 0.340 e. The first-order valence-electron chi connectivity index (χ1n) is 19.2. The number of ether oxygens (including phenoxy) is 6. The Morgan fingerprint density at radius 3 is 1.88 bits per heavy atom. The van der Waals surface area contributed by atoms with Crippen molar-refractivity contribution in [3.8, 4) is 23.0 Å². The summed E-state index contributed by atoms with van der Waals surface area (Å²) in [6.45, 7) is 4.06. The number of ketones is 3. The second-order valence-corrected chi connectivity index (χ2v) is 14.1. The number of phenolic OH excluding ortho intramolecular Hbond substituents is 2. The summed E-state index contributed by atoms with van der Waals surface area (Å²) in [7, 11) is 0. The molecule has 3 aromatic rings. The van der Waals surface area contributed by atoms with Crippen LogP contribution in [-0.4, -0.2) is 123 Å². The Labute approximate surface area is 343 Å². The highest BCUT2D eigenvalue weighted by Crippen LogP contribution is 2.57. The molecule has 3 aromatic carbocycles. The molecule has 16 nitrogen and oxygen atoms in total. The van der Waals surface area contributed by atoms with Crippen molar-refractivity contribution in [1.29, 1.82) is 0 Å². The largest absolute Gasteiger partial charge is 0.505 e. The standard InChI is InChI=1S/C42H46F2N2O14/c1-25(47)23-57-16-14-55-12-3-4-28(49)7-10-46(11-8-39(52)45-9-13-56-15-17-58-24-26(2)48)40(53)27-5-6-30-29(18-27)41(54)60-42(30)31-19-33(43)35(50)21-37(31)59-38-22-36(51)34(44)20-32(38)42/h5-6,18-22,50-51H,3-4,7-17,23-24H2,1-2H3,(H,45,52). The number of phenols is 2. The number of nitrogens with one attached hydrogen (secondary N) is 1. The van der Waals surface area contributed by atoms with Gasteiger partial charge in [-0.15, -0.1) is 0 Å². The monoisotopic (exact) mass is 840 g/mol. The number of halogens is 2. The maximum Gasteiger partial charge on any atom is 0.340 e. The van der Waals surface area contributed by atoms with Gasteiger partial charge in [0.1, 0.15) is 30.5 Å². The fourth-order valence-corrected chi connectivity index (χ4v) is 6.58. The summed E-state index contributed by atoms with van der Waals surface area (Å²) in [6.07, 6.45) is 0.329. The van der Waals surface area contributed by atoms with E-state index in [2.05, 4.69) is 5.32 Å². The van der Waals surface area contributed by atoms with Crippen molar-refractivity contribution in [3.63, 3.8) is 0 Å². The van der Waals surface area contributed by atoms with Gasteiger partial charge in [0.05, 0.1) is 49.7 Å². The van der Waals surface area contributed by atoms with E-state index in [1.54, 1.807) is 0 Å². The van der Waals surface area contributed by atoms with E-state index >= 15 is 0 Å². The number of hydrogen-bond donors (Lipinski definition) is 3. The molecule has 0 aliphatic carbocycles.